The average Bonchev–Trinajstić information content (AvgIpc) is 2.85. The number of hydrogen-bond acceptors (Lipinski definition) is 5. The first-order valence-electron chi connectivity index (χ1n) is 8.45. The van der Waals surface area contributed by atoms with E-state index in [0.717, 1.165) is 11.6 Å². The second-order valence-electron chi connectivity index (χ2n) is 7.42. The number of nitrogens with one attached hydrogen (secondary N) is 3. The minimum atomic E-state index is -0.518. The molecule has 1 aromatic heterocycles. The van der Waals surface area contributed by atoms with Crippen molar-refractivity contribution in [3.05, 3.63) is 16.1 Å². The van der Waals surface area contributed by atoms with Gasteiger partial charge < -0.3 is 20.7 Å². The molecular weight excluding hydrogens is 465 g/mol. The molecule has 3 N–H and O–H groups in total. The molecular formula is C17H32IN5O2S. The van der Waals surface area contributed by atoms with E-state index in [-0.39, 0.29) is 24.0 Å². The van der Waals surface area contributed by atoms with E-state index in [1.54, 1.807) is 11.3 Å². The van der Waals surface area contributed by atoms with Crippen molar-refractivity contribution in [2.45, 2.75) is 66.2 Å². The number of ether oxygens (including phenoxy) is 1. The van der Waals surface area contributed by atoms with Crippen LogP contribution >= 0.6 is 35.3 Å². The molecule has 0 radical (unpaired) electrons. The first kappa shape index (κ1) is 24.9. The number of carbonyl (C=O) groups is 1. The minimum absolute atomic E-state index is 0. The number of amides is 1. The molecule has 0 spiro atoms. The van der Waals surface area contributed by atoms with Crippen LogP contribution in [0, 0.1) is 6.92 Å². The van der Waals surface area contributed by atoms with Crippen LogP contribution in [0.4, 0.5) is 4.79 Å². The van der Waals surface area contributed by atoms with E-state index in [0.29, 0.717) is 19.0 Å². The van der Waals surface area contributed by atoms with Crippen molar-refractivity contribution in [1.29, 1.82) is 0 Å². The van der Waals surface area contributed by atoms with E-state index >= 15 is 0 Å². The van der Waals surface area contributed by atoms with Crippen molar-refractivity contribution in [3.63, 3.8) is 0 Å². The summed E-state index contributed by atoms with van der Waals surface area (Å²) in [6.07, 6.45) is 1.42. The topological polar surface area (TPSA) is 87.6 Å². The number of hydrogen-bond donors (Lipinski definition) is 3. The van der Waals surface area contributed by atoms with E-state index in [2.05, 4.69) is 25.9 Å². The average molecular weight is 497 g/mol. The number of alkyl carbamates (subject to hydrolysis) is 1. The number of carbonyl (C=O) groups excluding carboxylic acids is 1. The van der Waals surface area contributed by atoms with Crippen LogP contribution < -0.4 is 16.0 Å². The Labute approximate surface area is 177 Å². The fourth-order valence-electron chi connectivity index (χ4n) is 1.89. The number of aromatic nitrogens is 1. The van der Waals surface area contributed by atoms with E-state index in [1.807, 2.05) is 54.7 Å². The third-order valence-electron chi connectivity index (χ3n) is 2.92. The molecule has 0 bridgehead atoms. The third-order valence-corrected chi connectivity index (χ3v) is 3.82. The van der Waals surface area contributed by atoms with Gasteiger partial charge in [0.05, 0.1) is 12.1 Å². The molecule has 0 unspecified atom stereocenters. The summed E-state index contributed by atoms with van der Waals surface area (Å²) < 4.78 is 5.30. The van der Waals surface area contributed by atoms with E-state index in [1.165, 1.54) is 4.88 Å². The van der Waals surface area contributed by atoms with Gasteiger partial charge in [0, 0.05) is 24.2 Å². The Morgan fingerprint density at radius 3 is 2.42 bits per heavy atom. The van der Waals surface area contributed by atoms with Gasteiger partial charge in [-0.15, -0.1) is 35.3 Å². The molecule has 1 aromatic rings. The Hall–Kier alpha value is -1.10. The monoisotopic (exact) mass is 497 g/mol. The lowest BCUT2D eigenvalue weighted by atomic mass is 10.1. The van der Waals surface area contributed by atoms with Gasteiger partial charge in [0.1, 0.15) is 10.6 Å². The van der Waals surface area contributed by atoms with Crippen LogP contribution in [0.2, 0.25) is 0 Å². The molecule has 1 amide bonds. The molecule has 7 nitrogen and oxygen atoms in total. The lowest BCUT2D eigenvalue weighted by molar-refractivity contribution is 0.0474. The van der Waals surface area contributed by atoms with Crippen LogP contribution in [0.5, 0.6) is 0 Å². The van der Waals surface area contributed by atoms with Gasteiger partial charge in [0.2, 0.25) is 0 Å². The van der Waals surface area contributed by atoms with Crippen molar-refractivity contribution in [3.8, 4) is 0 Å². The summed E-state index contributed by atoms with van der Waals surface area (Å²) in [5, 5.41) is 10.3. The maximum absolute atomic E-state index is 11.9. The van der Waals surface area contributed by atoms with Crippen LogP contribution in [0.15, 0.2) is 11.2 Å². The Morgan fingerprint density at radius 2 is 1.92 bits per heavy atom. The summed E-state index contributed by atoms with van der Waals surface area (Å²) in [5.74, 6) is 0.689. The van der Waals surface area contributed by atoms with Gasteiger partial charge in [0.25, 0.3) is 0 Å². The summed E-state index contributed by atoms with van der Waals surface area (Å²) in [6.45, 7) is 15.2. The smallest absolute Gasteiger partial charge is 0.408 e. The first-order chi connectivity index (χ1) is 11.5. The first-order valence-corrected chi connectivity index (χ1v) is 9.27. The molecule has 1 heterocycles. The van der Waals surface area contributed by atoms with Crippen molar-refractivity contribution in [2.24, 2.45) is 4.99 Å². The standard InChI is InChI=1S/C17H31N5O2S.HI/c1-8-18-14(20-10-13-19-9-12(2)25-13)21-11-17(6,7)22-15(23)24-16(3,4)5;/h9H,8,10-11H2,1-7H3,(H,22,23)(H2,18,20,21);1H. The highest BCUT2D eigenvalue weighted by atomic mass is 127. The highest BCUT2D eigenvalue weighted by Crippen LogP contribution is 2.12. The number of thiazole rings is 1. The fraction of sp³-hybridized carbons (Fsp3) is 0.706. The Balaban J connectivity index is 0.00000625. The number of guanidine groups is 1. The Bertz CT molecular complexity index is 596. The summed E-state index contributed by atoms with van der Waals surface area (Å²) in [6, 6.07) is 0. The molecule has 0 aliphatic heterocycles. The molecule has 0 fully saturated rings. The molecule has 9 heteroatoms. The largest absolute Gasteiger partial charge is 0.444 e. The maximum Gasteiger partial charge on any atom is 0.408 e. The van der Waals surface area contributed by atoms with Crippen molar-refractivity contribution < 1.29 is 9.53 Å². The van der Waals surface area contributed by atoms with Gasteiger partial charge in [-0.25, -0.2) is 14.8 Å². The summed E-state index contributed by atoms with van der Waals surface area (Å²) in [4.78, 5) is 22.0. The normalized spacial score (nSPS) is 12.2. The third kappa shape index (κ3) is 10.8. The molecule has 150 valence electrons. The minimum Gasteiger partial charge on any atom is -0.444 e. The van der Waals surface area contributed by atoms with Crippen molar-refractivity contribution >= 4 is 47.4 Å². The van der Waals surface area contributed by atoms with Gasteiger partial charge in [-0.2, -0.15) is 0 Å². The van der Waals surface area contributed by atoms with Crippen LogP contribution in [0.25, 0.3) is 0 Å². The number of aryl methyl sites for hydroxylation is 1. The zero-order valence-corrected chi connectivity index (χ0v) is 19.9. The summed E-state index contributed by atoms with van der Waals surface area (Å²) >= 11 is 1.64. The quantitative estimate of drug-likeness (QED) is 0.319. The number of aliphatic imine (C=N–C) groups is 1. The molecule has 0 aromatic carbocycles. The van der Waals surface area contributed by atoms with Gasteiger partial charge in [-0.3, -0.25) is 0 Å². The lowest BCUT2D eigenvalue weighted by Crippen LogP contribution is -2.54. The highest BCUT2D eigenvalue weighted by Gasteiger charge is 2.24. The summed E-state index contributed by atoms with van der Waals surface area (Å²) in [5.41, 5.74) is -1.01. The predicted molar refractivity (Wildman–Crippen MR) is 119 cm³/mol. The van der Waals surface area contributed by atoms with Gasteiger partial charge in [-0.1, -0.05) is 0 Å². The molecule has 0 saturated carbocycles. The fourth-order valence-corrected chi connectivity index (χ4v) is 2.60. The highest BCUT2D eigenvalue weighted by molar-refractivity contribution is 14.0. The summed E-state index contributed by atoms with van der Waals surface area (Å²) in [7, 11) is 0. The number of nitrogens with zero attached hydrogens (tertiary/aromatic N) is 2. The van der Waals surface area contributed by atoms with Crippen LogP contribution in [-0.4, -0.2) is 41.3 Å². The van der Waals surface area contributed by atoms with Gasteiger partial charge in [0.15, 0.2) is 5.96 Å². The number of halogens is 1. The molecule has 0 aliphatic carbocycles. The zero-order valence-electron chi connectivity index (χ0n) is 16.7. The Morgan fingerprint density at radius 1 is 1.27 bits per heavy atom. The predicted octanol–water partition coefficient (Wildman–Crippen LogP) is 3.43. The van der Waals surface area contributed by atoms with Crippen molar-refractivity contribution in [2.75, 3.05) is 13.1 Å². The van der Waals surface area contributed by atoms with Gasteiger partial charge in [-0.05, 0) is 48.5 Å². The van der Waals surface area contributed by atoms with Crippen LogP contribution in [-0.2, 0) is 11.3 Å². The van der Waals surface area contributed by atoms with E-state index in [4.69, 9.17) is 4.74 Å². The van der Waals surface area contributed by atoms with E-state index < -0.39 is 17.2 Å². The lowest BCUT2D eigenvalue weighted by Gasteiger charge is -2.29. The molecule has 0 atom stereocenters. The Kier molecular flexibility index (Phi) is 10.4. The molecule has 26 heavy (non-hydrogen) atoms. The molecule has 0 aliphatic rings. The van der Waals surface area contributed by atoms with Crippen LogP contribution in [0.3, 0.4) is 0 Å². The van der Waals surface area contributed by atoms with Crippen molar-refractivity contribution in [1.82, 2.24) is 20.9 Å². The SMILES string of the molecule is CCNC(=NCc1ncc(C)s1)NCC(C)(C)NC(=O)OC(C)(C)C.I. The second kappa shape index (κ2) is 10.9. The van der Waals surface area contributed by atoms with E-state index in [9.17, 15) is 4.79 Å². The molecule has 1 rings (SSSR count). The number of rotatable bonds is 6. The van der Waals surface area contributed by atoms with Gasteiger partial charge >= 0.3 is 6.09 Å². The molecule has 0 saturated heterocycles. The second-order valence-corrected chi connectivity index (χ2v) is 8.74. The van der Waals surface area contributed by atoms with Crippen LogP contribution in [0.1, 0.15) is 51.4 Å². The zero-order chi connectivity index (χ0) is 19.1. The maximum atomic E-state index is 11.9.